The van der Waals surface area contributed by atoms with Crippen LogP contribution in [0, 0.1) is 22.7 Å². The lowest BCUT2D eigenvalue weighted by molar-refractivity contribution is -0.127. The Kier molecular flexibility index (Phi) is 3.07. The Hall–Kier alpha value is -0.530. The third-order valence-electron chi connectivity index (χ3n) is 5.70. The summed E-state index contributed by atoms with van der Waals surface area (Å²) < 4.78 is 0. The fourth-order valence-corrected chi connectivity index (χ4v) is 4.19. The summed E-state index contributed by atoms with van der Waals surface area (Å²) in [7, 11) is 0. The van der Waals surface area contributed by atoms with Crippen molar-refractivity contribution in [1.82, 2.24) is 5.32 Å². The van der Waals surface area contributed by atoms with Gasteiger partial charge in [0.15, 0.2) is 0 Å². The molecule has 0 aromatic carbocycles. The van der Waals surface area contributed by atoms with Gasteiger partial charge in [0, 0.05) is 12.0 Å². The Morgan fingerprint density at radius 2 is 1.72 bits per heavy atom. The van der Waals surface area contributed by atoms with Crippen molar-refractivity contribution in [3.05, 3.63) is 0 Å². The van der Waals surface area contributed by atoms with Crippen molar-refractivity contribution in [3.63, 3.8) is 0 Å². The average Bonchev–Trinajstić information content (AvgIpc) is 2.66. The summed E-state index contributed by atoms with van der Waals surface area (Å²) in [4.78, 5) is 12.3. The zero-order valence-corrected chi connectivity index (χ0v) is 12.9. The monoisotopic (exact) mass is 251 g/mol. The second-order valence-corrected chi connectivity index (χ2v) is 8.42. The minimum atomic E-state index is -0.00174. The van der Waals surface area contributed by atoms with E-state index < -0.39 is 0 Å². The molecule has 2 saturated carbocycles. The number of nitrogens with one attached hydrogen (secondary N) is 1. The molecule has 2 aliphatic carbocycles. The molecule has 0 saturated heterocycles. The summed E-state index contributed by atoms with van der Waals surface area (Å²) in [6.07, 6.45) is 4.57. The molecule has 3 unspecified atom stereocenters. The van der Waals surface area contributed by atoms with Gasteiger partial charge < -0.3 is 5.32 Å². The topological polar surface area (TPSA) is 29.1 Å². The normalized spacial score (nSPS) is 37.9. The Morgan fingerprint density at radius 1 is 1.17 bits per heavy atom. The van der Waals surface area contributed by atoms with Crippen molar-refractivity contribution < 1.29 is 4.79 Å². The molecule has 18 heavy (non-hydrogen) atoms. The van der Waals surface area contributed by atoms with E-state index in [9.17, 15) is 4.79 Å². The molecule has 3 atom stereocenters. The average molecular weight is 251 g/mol. The summed E-state index contributed by atoms with van der Waals surface area (Å²) in [6.45, 7) is 13.3. The first kappa shape index (κ1) is 13.9. The van der Waals surface area contributed by atoms with E-state index in [-0.39, 0.29) is 22.3 Å². The third kappa shape index (κ3) is 2.08. The highest BCUT2D eigenvalue weighted by molar-refractivity contribution is 5.77. The van der Waals surface area contributed by atoms with E-state index in [1.807, 2.05) is 0 Å². The second kappa shape index (κ2) is 3.98. The lowest BCUT2D eigenvalue weighted by Gasteiger charge is -2.48. The maximum absolute atomic E-state index is 12.3. The highest BCUT2D eigenvalue weighted by atomic mass is 16.1. The van der Waals surface area contributed by atoms with Crippen molar-refractivity contribution in [2.75, 3.05) is 0 Å². The van der Waals surface area contributed by atoms with Crippen LogP contribution in [-0.2, 0) is 4.79 Å². The molecule has 1 N–H and O–H groups in total. The molecule has 2 bridgehead atoms. The zero-order valence-electron chi connectivity index (χ0n) is 12.9. The number of carbonyl (C=O) groups excluding carboxylic acids is 1. The van der Waals surface area contributed by atoms with Crippen molar-refractivity contribution in [3.8, 4) is 0 Å². The van der Waals surface area contributed by atoms with Crippen LogP contribution in [0.15, 0.2) is 0 Å². The number of fused-ring (bicyclic) bond motifs is 2. The number of hydrogen-bond donors (Lipinski definition) is 1. The van der Waals surface area contributed by atoms with Crippen LogP contribution in [0.3, 0.4) is 0 Å². The number of carbonyl (C=O) groups is 1. The number of hydrogen-bond acceptors (Lipinski definition) is 1. The van der Waals surface area contributed by atoms with E-state index in [0.29, 0.717) is 12.3 Å². The molecular formula is C16H29NO. The maximum Gasteiger partial charge on any atom is 0.220 e. The van der Waals surface area contributed by atoms with E-state index in [2.05, 4.69) is 46.9 Å². The van der Waals surface area contributed by atoms with Gasteiger partial charge in [-0.2, -0.15) is 0 Å². The molecule has 0 heterocycles. The molecular weight excluding hydrogens is 222 g/mol. The summed E-state index contributed by atoms with van der Waals surface area (Å²) in [5, 5.41) is 3.39. The van der Waals surface area contributed by atoms with Crippen molar-refractivity contribution in [2.45, 2.75) is 72.8 Å². The molecule has 0 aromatic heterocycles. The summed E-state index contributed by atoms with van der Waals surface area (Å²) in [5.41, 5.74) is 0.309. The van der Waals surface area contributed by atoms with E-state index in [1.165, 1.54) is 19.3 Å². The standard InChI is InChI=1S/C16H29NO/c1-14(2,3)10-13(18)17-16(6)12-8-7-11(9-12)15(16,4)5/h11-12H,7-10H2,1-6H3,(H,17,18). The molecule has 0 aliphatic heterocycles. The first-order chi connectivity index (χ1) is 8.06. The zero-order chi connectivity index (χ0) is 13.8. The first-order valence-electron chi connectivity index (χ1n) is 7.37. The molecule has 2 heteroatoms. The van der Waals surface area contributed by atoms with Gasteiger partial charge in [0.1, 0.15) is 0 Å². The first-order valence-corrected chi connectivity index (χ1v) is 7.37. The molecule has 2 rings (SSSR count). The summed E-state index contributed by atoms with van der Waals surface area (Å²) in [6, 6.07) is 0. The predicted octanol–water partition coefficient (Wildman–Crippen LogP) is 3.75. The Labute approximate surface area is 112 Å². The van der Waals surface area contributed by atoms with Gasteiger partial charge in [0.25, 0.3) is 0 Å². The predicted molar refractivity (Wildman–Crippen MR) is 75.2 cm³/mol. The molecule has 2 nitrogen and oxygen atoms in total. The fraction of sp³-hybridized carbons (Fsp3) is 0.938. The van der Waals surface area contributed by atoms with Crippen LogP contribution >= 0.6 is 0 Å². The largest absolute Gasteiger partial charge is 0.350 e. The van der Waals surface area contributed by atoms with Gasteiger partial charge in [-0.3, -0.25) is 4.79 Å². The quantitative estimate of drug-likeness (QED) is 0.795. The Bertz CT molecular complexity index is 353. The molecule has 0 aromatic rings. The van der Waals surface area contributed by atoms with Crippen LogP contribution in [-0.4, -0.2) is 11.4 Å². The summed E-state index contributed by atoms with van der Waals surface area (Å²) >= 11 is 0. The van der Waals surface area contributed by atoms with Gasteiger partial charge in [-0.15, -0.1) is 0 Å². The summed E-state index contributed by atoms with van der Waals surface area (Å²) in [5.74, 6) is 1.70. The maximum atomic E-state index is 12.3. The van der Waals surface area contributed by atoms with Crippen LogP contribution in [0.4, 0.5) is 0 Å². The Morgan fingerprint density at radius 3 is 2.17 bits per heavy atom. The van der Waals surface area contributed by atoms with E-state index in [0.717, 1.165) is 5.92 Å². The van der Waals surface area contributed by atoms with Gasteiger partial charge in [0.2, 0.25) is 5.91 Å². The molecule has 2 fully saturated rings. The fourth-order valence-electron chi connectivity index (χ4n) is 4.19. The van der Waals surface area contributed by atoms with Crippen LogP contribution in [0.1, 0.15) is 67.2 Å². The highest BCUT2D eigenvalue weighted by Gasteiger charge is 2.60. The molecule has 104 valence electrons. The van der Waals surface area contributed by atoms with E-state index in [4.69, 9.17) is 0 Å². The van der Waals surface area contributed by atoms with Crippen molar-refractivity contribution in [2.24, 2.45) is 22.7 Å². The number of rotatable bonds is 2. The highest BCUT2D eigenvalue weighted by Crippen LogP contribution is 2.61. The van der Waals surface area contributed by atoms with Crippen LogP contribution < -0.4 is 5.32 Å². The molecule has 0 spiro atoms. The van der Waals surface area contributed by atoms with E-state index >= 15 is 0 Å². The van der Waals surface area contributed by atoms with Gasteiger partial charge in [0.05, 0.1) is 0 Å². The third-order valence-corrected chi connectivity index (χ3v) is 5.70. The lowest BCUT2D eigenvalue weighted by atomic mass is 9.64. The van der Waals surface area contributed by atoms with Gasteiger partial charge in [-0.05, 0) is 48.9 Å². The second-order valence-electron chi connectivity index (χ2n) is 8.42. The Balaban J connectivity index is 2.10. The smallest absolute Gasteiger partial charge is 0.220 e. The van der Waals surface area contributed by atoms with Crippen molar-refractivity contribution >= 4 is 5.91 Å². The minimum Gasteiger partial charge on any atom is -0.350 e. The van der Waals surface area contributed by atoms with Gasteiger partial charge >= 0.3 is 0 Å². The minimum absolute atomic E-state index is 0.00174. The van der Waals surface area contributed by atoms with Crippen LogP contribution in [0.5, 0.6) is 0 Å². The molecule has 0 radical (unpaired) electrons. The van der Waals surface area contributed by atoms with E-state index in [1.54, 1.807) is 0 Å². The molecule has 2 aliphatic rings. The van der Waals surface area contributed by atoms with Crippen LogP contribution in [0.25, 0.3) is 0 Å². The van der Waals surface area contributed by atoms with Crippen LogP contribution in [0.2, 0.25) is 0 Å². The van der Waals surface area contributed by atoms with Crippen molar-refractivity contribution in [1.29, 1.82) is 0 Å². The lowest BCUT2D eigenvalue weighted by Crippen LogP contribution is -2.59. The van der Waals surface area contributed by atoms with Gasteiger partial charge in [-0.1, -0.05) is 34.6 Å². The van der Waals surface area contributed by atoms with Gasteiger partial charge in [-0.25, -0.2) is 0 Å². The SMILES string of the molecule is CC(C)(C)CC(=O)NC1(C)C2CCC(C2)C1(C)C. The number of amides is 1. The molecule has 1 amide bonds.